The zero-order valence-electron chi connectivity index (χ0n) is 12.0. The molecule has 1 rings (SSSR count). The summed E-state index contributed by atoms with van der Waals surface area (Å²) in [4.78, 5) is 11.5. The minimum Gasteiger partial charge on any atom is -0.494 e. The van der Waals surface area contributed by atoms with Crippen molar-refractivity contribution >= 4 is 5.97 Å². The number of nitriles is 1. The Labute approximate surface area is 119 Å². The predicted molar refractivity (Wildman–Crippen MR) is 73.6 cm³/mol. The van der Waals surface area contributed by atoms with E-state index < -0.39 is 11.9 Å². The molecule has 0 saturated heterocycles. The van der Waals surface area contributed by atoms with E-state index in [-0.39, 0.29) is 6.42 Å². The first-order chi connectivity index (χ1) is 9.65. The fraction of sp³-hybridized carbons (Fsp3) is 0.467. The van der Waals surface area contributed by atoms with Crippen LogP contribution in [0.2, 0.25) is 0 Å². The molecule has 0 aromatic heterocycles. The van der Waals surface area contributed by atoms with Crippen LogP contribution in [0.4, 0.5) is 0 Å². The molecule has 0 fully saturated rings. The molecule has 0 unspecified atom stereocenters. The standard InChI is InChI=1S/C15H19NO4/c1-4-19-13-6-7-14(20-5-2)11(9-13)8-12(10-16)15(17)18-3/h6-7,9,12H,4-5,8H2,1-3H3/t12-/m1/s1. The van der Waals surface area contributed by atoms with Crippen molar-refractivity contribution in [1.82, 2.24) is 0 Å². The van der Waals surface area contributed by atoms with Gasteiger partial charge in [0.15, 0.2) is 0 Å². The SMILES string of the molecule is CCOc1ccc(OCC)c(C[C@H](C#N)C(=O)OC)c1. The molecule has 5 heteroatoms. The van der Waals surface area contributed by atoms with Gasteiger partial charge in [0.05, 0.1) is 26.4 Å². The lowest BCUT2D eigenvalue weighted by Crippen LogP contribution is -2.17. The largest absolute Gasteiger partial charge is 0.494 e. The van der Waals surface area contributed by atoms with Crippen molar-refractivity contribution < 1.29 is 19.0 Å². The summed E-state index contributed by atoms with van der Waals surface area (Å²) in [6, 6.07) is 7.33. The quantitative estimate of drug-likeness (QED) is 0.715. The Balaban J connectivity index is 3.02. The smallest absolute Gasteiger partial charge is 0.323 e. The lowest BCUT2D eigenvalue weighted by Gasteiger charge is -2.14. The monoisotopic (exact) mass is 277 g/mol. The number of ether oxygens (including phenoxy) is 3. The van der Waals surface area contributed by atoms with Gasteiger partial charge in [-0.05, 0) is 37.6 Å². The summed E-state index contributed by atoms with van der Waals surface area (Å²) in [6.07, 6.45) is 0.236. The van der Waals surface area contributed by atoms with Gasteiger partial charge in [-0.3, -0.25) is 4.79 Å². The van der Waals surface area contributed by atoms with E-state index >= 15 is 0 Å². The number of hydrogen-bond donors (Lipinski definition) is 0. The highest BCUT2D eigenvalue weighted by Gasteiger charge is 2.21. The molecule has 0 aliphatic carbocycles. The summed E-state index contributed by atoms with van der Waals surface area (Å²) in [7, 11) is 1.27. The molecule has 20 heavy (non-hydrogen) atoms. The summed E-state index contributed by atoms with van der Waals surface area (Å²) in [6.45, 7) is 4.83. The van der Waals surface area contributed by atoms with Crippen molar-refractivity contribution in [3.05, 3.63) is 23.8 Å². The third-order valence-electron chi connectivity index (χ3n) is 2.71. The van der Waals surface area contributed by atoms with E-state index in [1.807, 2.05) is 19.9 Å². The van der Waals surface area contributed by atoms with Gasteiger partial charge in [-0.15, -0.1) is 0 Å². The van der Waals surface area contributed by atoms with Gasteiger partial charge in [-0.25, -0.2) is 0 Å². The molecule has 0 saturated carbocycles. The highest BCUT2D eigenvalue weighted by Crippen LogP contribution is 2.27. The van der Waals surface area contributed by atoms with Crippen molar-refractivity contribution in [2.45, 2.75) is 20.3 Å². The third kappa shape index (κ3) is 4.16. The maximum Gasteiger partial charge on any atom is 0.323 e. The molecule has 1 aromatic rings. The summed E-state index contributed by atoms with van der Waals surface area (Å²) in [5, 5.41) is 9.06. The summed E-state index contributed by atoms with van der Waals surface area (Å²) < 4.78 is 15.6. The van der Waals surface area contributed by atoms with E-state index in [0.717, 1.165) is 5.56 Å². The molecule has 0 bridgehead atoms. The fourth-order valence-electron chi connectivity index (χ4n) is 1.81. The van der Waals surface area contributed by atoms with E-state index in [1.54, 1.807) is 18.2 Å². The Hall–Kier alpha value is -2.22. The maximum atomic E-state index is 11.5. The molecule has 0 amide bonds. The second kappa shape index (κ2) is 8.05. The Morgan fingerprint density at radius 2 is 2.00 bits per heavy atom. The van der Waals surface area contributed by atoms with Crippen LogP contribution in [0.1, 0.15) is 19.4 Å². The van der Waals surface area contributed by atoms with Crippen LogP contribution in [0.15, 0.2) is 18.2 Å². The van der Waals surface area contributed by atoms with Crippen molar-refractivity contribution in [2.24, 2.45) is 5.92 Å². The minimum atomic E-state index is -0.851. The first-order valence-corrected chi connectivity index (χ1v) is 6.52. The Kier molecular flexibility index (Phi) is 6.38. The van der Waals surface area contributed by atoms with Crippen LogP contribution in [0.25, 0.3) is 0 Å². The zero-order valence-corrected chi connectivity index (χ0v) is 12.0. The van der Waals surface area contributed by atoms with Crippen molar-refractivity contribution in [1.29, 1.82) is 5.26 Å². The van der Waals surface area contributed by atoms with Gasteiger partial charge in [-0.2, -0.15) is 5.26 Å². The van der Waals surface area contributed by atoms with E-state index in [9.17, 15) is 4.79 Å². The van der Waals surface area contributed by atoms with Crippen LogP contribution >= 0.6 is 0 Å². The zero-order chi connectivity index (χ0) is 15.0. The van der Waals surface area contributed by atoms with E-state index in [1.165, 1.54) is 7.11 Å². The normalized spacial score (nSPS) is 11.3. The lowest BCUT2D eigenvalue weighted by atomic mass is 9.99. The highest BCUT2D eigenvalue weighted by atomic mass is 16.5. The summed E-state index contributed by atoms with van der Waals surface area (Å²) in [5.41, 5.74) is 0.759. The average Bonchev–Trinajstić information content (AvgIpc) is 2.46. The van der Waals surface area contributed by atoms with Crippen LogP contribution in [-0.2, 0) is 16.0 Å². The lowest BCUT2D eigenvalue weighted by molar-refractivity contribution is -0.143. The van der Waals surface area contributed by atoms with Crippen LogP contribution in [0.5, 0.6) is 11.5 Å². The third-order valence-corrected chi connectivity index (χ3v) is 2.71. The van der Waals surface area contributed by atoms with Gasteiger partial charge in [0.1, 0.15) is 17.4 Å². The first kappa shape index (κ1) is 15.8. The number of methoxy groups -OCH3 is 1. The molecular weight excluding hydrogens is 258 g/mol. The van der Waals surface area contributed by atoms with Crippen LogP contribution in [0, 0.1) is 17.2 Å². The average molecular weight is 277 g/mol. The number of rotatable bonds is 7. The molecule has 108 valence electrons. The van der Waals surface area contributed by atoms with E-state index in [2.05, 4.69) is 4.74 Å². The van der Waals surface area contributed by atoms with Gasteiger partial charge < -0.3 is 14.2 Å². The molecule has 5 nitrogen and oxygen atoms in total. The highest BCUT2D eigenvalue weighted by molar-refractivity contribution is 5.75. The molecular formula is C15H19NO4. The second-order valence-corrected chi connectivity index (χ2v) is 4.04. The summed E-state index contributed by atoms with van der Waals surface area (Å²) >= 11 is 0. The van der Waals surface area contributed by atoms with Crippen molar-refractivity contribution in [3.63, 3.8) is 0 Å². The van der Waals surface area contributed by atoms with Gasteiger partial charge in [-0.1, -0.05) is 0 Å². The van der Waals surface area contributed by atoms with Crippen molar-refractivity contribution in [3.8, 4) is 17.6 Å². The molecule has 0 spiro atoms. The number of carbonyl (C=O) groups excluding carboxylic acids is 1. The van der Waals surface area contributed by atoms with Crippen LogP contribution in [-0.4, -0.2) is 26.3 Å². The first-order valence-electron chi connectivity index (χ1n) is 6.52. The number of nitrogens with zero attached hydrogens (tertiary/aromatic N) is 1. The summed E-state index contributed by atoms with van der Waals surface area (Å²) in [5.74, 6) is -0.0551. The molecule has 0 aliphatic rings. The minimum absolute atomic E-state index is 0.236. The molecule has 1 atom stereocenters. The molecule has 0 heterocycles. The number of benzene rings is 1. The van der Waals surface area contributed by atoms with Gasteiger partial charge >= 0.3 is 5.97 Å². The molecule has 0 N–H and O–H groups in total. The molecule has 0 radical (unpaired) electrons. The van der Waals surface area contributed by atoms with E-state index in [0.29, 0.717) is 24.7 Å². The van der Waals surface area contributed by atoms with Gasteiger partial charge in [0.25, 0.3) is 0 Å². The van der Waals surface area contributed by atoms with Gasteiger partial charge in [0.2, 0.25) is 0 Å². The number of carbonyl (C=O) groups is 1. The van der Waals surface area contributed by atoms with Crippen molar-refractivity contribution in [2.75, 3.05) is 20.3 Å². The maximum absolute atomic E-state index is 11.5. The Bertz CT molecular complexity index is 493. The Morgan fingerprint density at radius 3 is 2.55 bits per heavy atom. The molecule has 0 aliphatic heterocycles. The number of esters is 1. The molecule has 1 aromatic carbocycles. The van der Waals surface area contributed by atoms with Crippen LogP contribution in [0.3, 0.4) is 0 Å². The topological polar surface area (TPSA) is 68.5 Å². The number of hydrogen-bond acceptors (Lipinski definition) is 5. The van der Waals surface area contributed by atoms with Crippen LogP contribution < -0.4 is 9.47 Å². The fourth-order valence-corrected chi connectivity index (χ4v) is 1.81. The van der Waals surface area contributed by atoms with Gasteiger partial charge in [0, 0.05) is 6.42 Å². The second-order valence-electron chi connectivity index (χ2n) is 4.04. The predicted octanol–water partition coefficient (Wildman–Crippen LogP) is 2.34. The Morgan fingerprint density at radius 1 is 1.30 bits per heavy atom. The van der Waals surface area contributed by atoms with E-state index in [4.69, 9.17) is 14.7 Å².